The Kier molecular flexibility index (Phi) is 2.10. The predicted octanol–water partition coefficient (Wildman–Crippen LogP) is 2.43. The minimum Gasteiger partial charge on any atom is -0.392 e. The van der Waals surface area contributed by atoms with Crippen molar-refractivity contribution in [1.29, 1.82) is 0 Å². The van der Waals surface area contributed by atoms with Crippen LogP contribution in [0, 0.1) is 29.2 Å². The van der Waals surface area contributed by atoms with Gasteiger partial charge in [-0.2, -0.15) is 0 Å². The third-order valence-corrected chi connectivity index (χ3v) is 3.55. The first-order chi connectivity index (χ1) is 8.02. The van der Waals surface area contributed by atoms with E-state index in [9.17, 15) is 22.7 Å². The third-order valence-electron chi connectivity index (χ3n) is 3.55. The van der Waals surface area contributed by atoms with E-state index in [0.717, 1.165) is 0 Å². The summed E-state index contributed by atoms with van der Waals surface area (Å²) in [5.41, 5.74) is -0.411. The van der Waals surface area contributed by atoms with Crippen molar-refractivity contribution in [3.05, 3.63) is 46.5 Å². The zero-order chi connectivity index (χ0) is 12.3. The van der Waals surface area contributed by atoms with Crippen LogP contribution in [0.25, 0.3) is 0 Å². The van der Waals surface area contributed by atoms with Crippen LogP contribution in [0.2, 0.25) is 0 Å². The fourth-order valence-electron chi connectivity index (χ4n) is 2.69. The van der Waals surface area contributed by atoms with Crippen LogP contribution < -0.4 is 0 Å². The van der Waals surface area contributed by atoms with Gasteiger partial charge in [-0.25, -0.2) is 17.6 Å². The van der Waals surface area contributed by atoms with Crippen molar-refractivity contribution in [3.8, 4) is 0 Å². The van der Waals surface area contributed by atoms with Crippen molar-refractivity contribution < 1.29 is 22.7 Å². The largest absolute Gasteiger partial charge is 0.392 e. The Labute approximate surface area is 94.4 Å². The molecule has 0 aliphatic heterocycles. The van der Waals surface area contributed by atoms with Gasteiger partial charge in [-0.1, -0.05) is 12.2 Å². The first-order valence-electron chi connectivity index (χ1n) is 5.23. The third kappa shape index (κ3) is 1.23. The van der Waals surface area contributed by atoms with Crippen LogP contribution in [0.4, 0.5) is 17.6 Å². The molecule has 0 fully saturated rings. The van der Waals surface area contributed by atoms with E-state index in [1.165, 1.54) is 6.08 Å². The summed E-state index contributed by atoms with van der Waals surface area (Å²) in [6, 6.07) is 0. The number of rotatable bonds is 0. The molecule has 5 heteroatoms. The number of hydrogen-bond donors (Lipinski definition) is 1. The molecule has 1 aromatic carbocycles. The number of benzene rings is 1. The van der Waals surface area contributed by atoms with E-state index >= 15 is 0 Å². The normalized spacial score (nSPS) is 29.6. The lowest BCUT2D eigenvalue weighted by Crippen LogP contribution is -2.30. The fourth-order valence-corrected chi connectivity index (χ4v) is 2.69. The molecule has 1 aromatic rings. The minimum absolute atomic E-state index is 0.0105. The van der Waals surface area contributed by atoms with E-state index in [1.807, 2.05) is 0 Å². The van der Waals surface area contributed by atoms with Gasteiger partial charge < -0.3 is 5.11 Å². The van der Waals surface area contributed by atoms with Gasteiger partial charge in [-0.05, 0) is 12.0 Å². The summed E-state index contributed by atoms with van der Waals surface area (Å²) in [5.74, 6) is -7.47. The van der Waals surface area contributed by atoms with Crippen molar-refractivity contribution in [3.63, 3.8) is 0 Å². The molecule has 0 saturated carbocycles. The van der Waals surface area contributed by atoms with E-state index in [0.29, 0.717) is 0 Å². The van der Waals surface area contributed by atoms with E-state index in [1.54, 1.807) is 6.08 Å². The number of halogens is 4. The summed E-state index contributed by atoms with van der Waals surface area (Å²) in [6.07, 6.45) is 2.25. The number of hydrogen-bond acceptors (Lipinski definition) is 1. The Hall–Kier alpha value is -1.36. The number of aliphatic hydroxyl groups excluding tert-OH is 1. The highest BCUT2D eigenvalue weighted by Crippen LogP contribution is 2.44. The molecule has 0 saturated heterocycles. The molecule has 0 heterocycles. The van der Waals surface area contributed by atoms with Crippen molar-refractivity contribution in [2.75, 3.05) is 0 Å². The highest BCUT2D eigenvalue weighted by atomic mass is 19.2. The topological polar surface area (TPSA) is 20.2 Å². The molecule has 1 N–H and O–H groups in total. The second-order valence-electron chi connectivity index (χ2n) is 4.42. The van der Waals surface area contributed by atoms with E-state index < -0.39 is 35.3 Å². The molecule has 2 bridgehead atoms. The van der Waals surface area contributed by atoms with Crippen LogP contribution in [-0.2, 0) is 6.42 Å². The number of fused-ring (bicyclic) bond motifs is 4. The zero-order valence-corrected chi connectivity index (χ0v) is 8.55. The average molecular weight is 244 g/mol. The molecule has 2 aliphatic carbocycles. The molecule has 0 amide bonds. The molecule has 0 spiro atoms. The first-order valence-corrected chi connectivity index (χ1v) is 5.23. The maximum atomic E-state index is 13.6. The molecule has 2 aliphatic rings. The van der Waals surface area contributed by atoms with Gasteiger partial charge >= 0.3 is 0 Å². The Morgan fingerprint density at radius 3 is 2.29 bits per heavy atom. The predicted molar refractivity (Wildman–Crippen MR) is 51.4 cm³/mol. The van der Waals surface area contributed by atoms with Gasteiger partial charge in [-0.15, -0.1) is 0 Å². The lowest BCUT2D eigenvalue weighted by atomic mass is 9.79. The molecule has 17 heavy (non-hydrogen) atoms. The van der Waals surface area contributed by atoms with Crippen LogP contribution in [0.5, 0.6) is 0 Å². The maximum absolute atomic E-state index is 13.6. The fraction of sp³-hybridized carbons (Fsp3) is 0.333. The maximum Gasteiger partial charge on any atom is 0.197 e. The van der Waals surface area contributed by atoms with Gasteiger partial charge in [0.05, 0.1) is 6.10 Å². The monoisotopic (exact) mass is 244 g/mol. The molecule has 0 radical (unpaired) electrons. The highest BCUT2D eigenvalue weighted by Gasteiger charge is 2.42. The van der Waals surface area contributed by atoms with Gasteiger partial charge in [0.15, 0.2) is 23.3 Å². The van der Waals surface area contributed by atoms with Crippen molar-refractivity contribution in [2.24, 2.45) is 5.92 Å². The second-order valence-corrected chi connectivity index (χ2v) is 4.42. The molecular weight excluding hydrogens is 236 g/mol. The molecular formula is C12H8F4O. The van der Waals surface area contributed by atoms with Crippen molar-refractivity contribution in [1.82, 2.24) is 0 Å². The Bertz CT molecular complexity index is 538. The summed E-state index contributed by atoms with van der Waals surface area (Å²) < 4.78 is 53.4. The average Bonchev–Trinajstić information content (AvgIpc) is 2.56. The number of aliphatic hydroxyl groups is 1. The van der Waals surface area contributed by atoms with Gasteiger partial charge in [-0.3, -0.25) is 0 Å². The summed E-state index contributed by atoms with van der Waals surface area (Å²) in [6.45, 7) is 0. The van der Waals surface area contributed by atoms with Gasteiger partial charge in [0.2, 0.25) is 0 Å². The van der Waals surface area contributed by atoms with E-state index in [-0.39, 0.29) is 23.5 Å². The van der Waals surface area contributed by atoms with Crippen LogP contribution in [-0.4, -0.2) is 11.2 Å². The lowest BCUT2D eigenvalue weighted by molar-refractivity contribution is 0.115. The Balaban J connectivity index is 2.31. The van der Waals surface area contributed by atoms with Crippen molar-refractivity contribution in [2.45, 2.75) is 18.4 Å². The summed E-state index contributed by atoms with van der Waals surface area (Å²) >= 11 is 0. The lowest BCUT2D eigenvalue weighted by Gasteiger charge is -2.29. The SMILES string of the molecule is OC1C2C=CC1c1c(F)c(F)c(F)c(F)c1C2. The molecule has 0 aromatic heterocycles. The van der Waals surface area contributed by atoms with Crippen molar-refractivity contribution >= 4 is 0 Å². The van der Waals surface area contributed by atoms with Crippen LogP contribution in [0.15, 0.2) is 12.2 Å². The Morgan fingerprint density at radius 1 is 0.941 bits per heavy atom. The smallest absolute Gasteiger partial charge is 0.197 e. The van der Waals surface area contributed by atoms with E-state index in [2.05, 4.69) is 0 Å². The molecule has 3 unspecified atom stereocenters. The summed E-state index contributed by atoms with van der Waals surface area (Å²) in [4.78, 5) is 0. The molecule has 1 nitrogen and oxygen atoms in total. The minimum atomic E-state index is -1.81. The van der Waals surface area contributed by atoms with Gasteiger partial charge in [0.25, 0.3) is 0 Å². The van der Waals surface area contributed by atoms with Gasteiger partial charge in [0.1, 0.15) is 0 Å². The standard InChI is InChI=1S/C12H8F4O/c13-8-6-3-4-1-2-5(12(4)17)7(6)9(14)11(16)10(8)15/h1-2,4-5,12,17H,3H2. The first kappa shape index (κ1) is 10.8. The molecule has 90 valence electrons. The Morgan fingerprint density at radius 2 is 1.59 bits per heavy atom. The summed E-state index contributed by atoms with van der Waals surface area (Å²) in [5, 5.41) is 9.76. The van der Waals surface area contributed by atoms with Crippen LogP contribution >= 0.6 is 0 Å². The van der Waals surface area contributed by atoms with Crippen LogP contribution in [0.3, 0.4) is 0 Å². The summed E-state index contributed by atoms with van der Waals surface area (Å²) in [7, 11) is 0. The van der Waals surface area contributed by atoms with Gasteiger partial charge in [0, 0.05) is 17.4 Å². The quantitative estimate of drug-likeness (QED) is 0.321. The van der Waals surface area contributed by atoms with E-state index in [4.69, 9.17) is 0 Å². The molecule has 3 rings (SSSR count). The molecule has 3 atom stereocenters. The highest BCUT2D eigenvalue weighted by molar-refractivity contribution is 5.44. The van der Waals surface area contributed by atoms with Crippen LogP contribution in [0.1, 0.15) is 17.0 Å². The second kappa shape index (κ2) is 3.32. The zero-order valence-electron chi connectivity index (χ0n) is 8.55.